The number of hydrogen-bond acceptors (Lipinski definition) is 4. The van der Waals surface area contributed by atoms with Crippen LogP contribution in [-0.4, -0.2) is 47.0 Å². The standard InChI is InChI=1S/C9H20N2O3S.ClH/c1-2-14-5-6-15(12,13)11-8-9-3-4-10-7-9;/h9-11H,2-8H2,1H3;1H. The molecule has 5 nitrogen and oxygen atoms in total. The molecule has 0 spiro atoms. The second kappa shape index (κ2) is 8.25. The summed E-state index contributed by atoms with van der Waals surface area (Å²) in [6.07, 6.45) is 1.05. The van der Waals surface area contributed by atoms with E-state index in [-0.39, 0.29) is 24.8 Å². The van der Waals surface area contributed by atoms with E-state index in [1.54, 1.807) is 0 Å². The lowest BCUT2D eigenvalue weighted by atomic mass is 10.1. The highest BCUT2D eigenvalue weighted by Gasteiger charge is 2.17. The highest BCUT2D eigenvalue weighted by molar-refractivity contribution is 7.89. The summed E-state index contributed by atoms with van der Waals surface area (Å²) in [6, 6.07) is 0. The fourth-order valence-electron chi connectivity index (χ4n) is 1.52. The molecule has 1 heterocycles. The van der Waals surface area contributed by atoms with Crippen LogP contribution >= 0.6 is 12.4 Å². The van der Waals surface area contributed by atoms with Gasteiger partial charge in [0.15, 0.2) is 0 Å². The van der Waals surface area contributed by atoms with Crippen LogP contribution in [0.2, 0.25) is 0 Å². The molecule has 1 atom stereocenters. The fraction of sp³-hybridized carbons (Fsp3) is 1.00. The van der Waals surface area contributed by atoms with Crippen molar-refractivity contribution in [3.8, 4) is 0 Å². The van der Waals surface area contributed by atoms with Crippen molar-refractivity contribution in [1.82, 2.24) is 10.0 Å². The molecule has 0 amide bonds. The molecule has 7 heteroatoms. The minimum atomic E-state index is -3.14. The Balaban J connectivity index is 0.00000225. The quantitative estimate of drug-likeness (QED) is 0.639. The van der Waals surface area contributed by atoms with E-state index in [1.807, 2.05) is 6.92 Å². The molecule has 16 heavy (non-hydrogen) atoms. The van der Waals surface area contributed by atoms with Crippen LogP contribution in [0.15, 0.2) is 0 Å². The summed E-state index contributed by atoms with van der Waals surface area (Å²) in [5, 5.41) is 3.20. The molecule has 1 aliphatic heterocycles. The van der Waals surface area contributed by atoms with Gasteiger partial charge in [-0.05, 0) is 32.4 Å². The van der Waals surface area contributed by atoms with Gasteiger partial charge in [-0.3, -0.25) is 0 Å². The molecule has 0 radical (unpaired) electrons. The highest BCUT2D eigenvalue weighted by Crippen LogP contribution is 2.05. The first-order valence-electron chi connectivity index (χ1n) is 5.40. The van der Waals surface area contributed by atoms with Crippen molar-refractivity contribution < 1.29 is 13.2 Å². The van der Waals surface area contributed by atoms with Crippen LogP contribution in [0, 0.1) is 5.92 Å². The predicted molar refractivity (Wildman–Crippen MR) is 66.5 cm³/mol. The van der Waals surface area contributed by atoms with E-state index < -0.39 is 10.0 Å². The Kier molecular flexibility index (Phi) is 8.31. The van der Waals surface area contributed by atoms with Gasteiger partial charge in [-0.15, -0.1) is 12.4 Å². The summed E-state index contributed by atoms with van der Waals surface area (Å²) < 4.78 is 30.5. The largest absolute Gasteiger partial charge is 0.381 e. The summed E-state index contributed by atoms with van der Waals surface area (Å²) in [6.45, 7) is 5.13. The minimum Gasteiger partial charge on any atom is -0.381 e. The highest BCUT2D eigenvalue weighted by atomic mass is 35.5. The smallest absolute Gasteiger partial charge is 0.213 e. The third-order valence-electron chi connectivity index (χ3n) is 2.45. The lowest BCUT2D eigenvalue weighted by molar-refractivity contribution is 0.163. The van der Waals surface area contributed by atoms with Gasteiger partial charge >= 0.3 is 0 Å². The number of ether oxygens (including phenoxy) is 1. The van der Waals surface area contributed by atoms with Crippen molar-refractivity contribution in [2.24, 2.45) is 5.92 Å². The lowest BCUT2D eigenvalue weighted by Crippen LogP contribution is -2.33. The summed E-state index contributed by atoms with van der Waals surface area (Å²) in [7, 11) is -3.14. The number of hydrogen-bond donors (Lipinski definition) is 2. The number of rotatable bonds is 7. The van der Waals surface area contributed by atoms with Gasteiger partial charge in [0.2, 0.25) is 10.0 Å². The van der Waals surface area contributed by atoms with Gasteiger partial charge in [-0.2, -0.15) is 0 Å². The lowest BCUT2D eigenvalue weighted by Gasteiger charge is -2.10. The van der Waals surface area contributed by atoms with Crippen LogP contribution in [0.5, 0.6) is 0 Å². The molecule has 0 aromatic heterocycles. The van der Waals surface area contributed by atoms with E-state index in [4.69, 9.17) is 4.74 Å². The van der Waals surface area contributed by atoms with Gasteiger partial charge in [0.05, 0.1) is 12.4 Å². The molecule has 0 saturated carbocycles. The Morgan fingerprint density at radius 2 is 2.25 bits per heavy atom. The maximum atomic E-state index is 11.5. The zero-order valence-electron chi connectivity index (χ0n) is 9.57. The summed E-state index contributed by atoms with van der Waals surface area (Å²) in [4.78, 5) is 0. The van der Waals surface area contributed by atoms with E-state index in [1.165, 1.54) is 0 Å². The Morgan fingerprint density at radius 3 is 2.81 bits per heavy atom. The molecule has 0 aromatic rings. The van der Waals surface area contributed by atoms with Gasteiger partial charge in [0.1, 0.15) is 0 Å². The van der Waals surface area contributed by atoms with E-state index in [9.17, 15) is 8.42 Å². The fourth-order valence-corrected chi connectivity index (χ4v) is 2.49. The number of halogens is 1. The van der Waals surface area contributed by atoms with Gasteiger partial charge < -0.3 is 10.1 Å². The molecule has 1 rings (SSSR count). The average molecular weight is 273 g/mol. The first kappa shape index (κ1) is 16.1. The topological polar surface area (TPSA) is 67.4 Å². The van der Waals surface area contributed by atoms with Gasteiger partial charge in [-0.1, -0.05) is 0 Å². The molecule has 1 aliphatic rings. The van der Waals surface area contributed by atoms with Crippen LogP contribution in [0.1, 0.15) is 13.3 Å². The van der Waals surface area contributed by atoms with Crippen LogP contribution in [0.25, 0.3) is 0 Å². The molecule has 0 bridgehead atoms. The second-order valence-electron chi connectivity index (χ2n) is 3.72. The molecule has 0 aromatic carbocycles. The minimum absolute atomic E-state index is 0. The molecular formula is C9H21ClN2O3S. The van der Waals surface area contributed by atoms with E-state index in [0.29, 0.717) is 19.1 Å². The van der Waals surface area contributed by atoms with Crippen LogP contribution < -0.4 is 10.0 Å². The van der Waals surface area contributed by atoms with Crippen LogP contribution in [-0.2, 0) is 14.8 Å². The Labute approximate surface area is 104 Å². The number of nitrogens with one attached hydrogen (secondary N) is 2. The van der Waals surface area contributed by atoms with Gasteiger partial charge in [0, 0.05) is 13.2 Å². The monoisotopic (exact) mass is 272 g/mol. The molecule has 98 valence electrons. The van der Waals surface area contributed by atoms with Gasteiger partial charge in [-0.25, -0.2) is 13.1 Å². The van der Waals surface area contributed by atoms with E-state index >= 15 is 0 Å². The first-order valence-corrected chi connectivity index (χ1v) is 7.05. The zero-order chi connectivity index (χ0) is 11.1. The SMILES string of the molecule is CCOCCS(=O)(=O)NCC1CCNC1.Cl. The molecule has 0 aliphatic carbocycles. The second-order valence-corrected chi connectivity index (χ2v) is 5.65. The predicted octanol–water partition coefficient (Wildman–Crippen LogP) is -0.0264. The first-order chi connectivity index (χ1) is 7.14. The maximum absolute atomic E-state index is 11.5. The molecule has 1 fully saturated rings. The Morgan fingerprint density at radius 1 is 1.50 bits per heavy atom. The third-order valence-corrected chi connectivity index (χ3v) is 3.77. The van der Waals surface area contributed by atoms with Crippen LogP contribution in [0.3, 0.4) is 0 Å². The van der Waals surface area contributed by atoms with E-state index in [2.05, 4.69) is 10.0 Å². The normalized spacial score (nSPS) is 20.7. The maximum Gasteiger partial charge on any atom is 0.213 e. The Hall–Kier alpha value is 0.120. The van der Waals surface area contributed by atoms with Crippen molar-refractivity contribution in [3.63, 3.8) is 0 Å². The average Bonchev–Trinajstić information content (AvgIpc) is 2.68. The number of sulfonamides is 1. The summed E-state index contributed by atoms with van der Waals surface area (Å²) in [5.41, 5.74) is 0. The van der Waals surface area contributed by atoms with Crippen molar-refractivity contribution in [1.29, 1.82) is 0 Å². The van der Waals surface area contributed by atoms with Crippen molar-refractivity contribution in [2.45, 2.75) is 13.3 Å². The molecule has 2 N–H and O–H groups in total. The van der Waals surface area contributed by atoms with Gasteiger partial charge in [0.25, 0.3) is 0 Å². The van der Waals surface area contributed by atoms with Crippen molar-refractivity contribution in [2.75, 3.05) is 38.6 Å². The summed E-state index contributed by atoms with van der Waals surface area (Å²) >= 11 is 0. The Bertz CT molecular complexity index is 266. The third kappa shape index (κ3) is 6.65. The van der Waals surface area contributed by atoms with Crippen molar-refractivity contribution in [3.05, 3.63) is 0 Å². The van der Waals surface area contributed by atoms with Crippen molar-refractivity contribution >= 4 is 22.4 Å². The molecule has 1 unspecified atom stereocenters. The summed E-state index contributed by atoms with van der Waals surface area (Å²) in [5.74, 6) is 0.493. The van der Waals surface area contributed by atoms with E-state index in [0.717, 1.165) is 19.5 Å². The molecule has 1 saturated heterocycles. The van der Waals surface area contributed by atoms with Crippen LogP contribution in [0.4, 0.5) is 0 Å². The zero-order valence-corrected chi connectivity index (χ0v) is 11.2. The molecular weight excluding hydrogens is 252 g/mol.